The van der Waals surface area contributed by atoms with E-state index in [1.165, 1.54) is 0 Å². The number of aromatic nitrogens is 2. The number of hydrogen-bond donors (Lipinski definition) is 2. The molecule has 1 aromatic carbocycles. The van der Waals surface area contributed by atoms with Crippen LogP contribution >= 0.6 is 0 Å². The van der Waals surface area contributed by atoms with E-state index >= 15 is 0 Å². The third-order valence-corrected chi connectivity index (χ3v) is 3.89. The van der Waals surface area contributed by atoms with E-state index in [1.54, 1.807) is 4.90 Å². The normalized spacial score (nSPS) is 18.4. The molecule has 0 spiro atoms. The lowest BCUT2D eigenvalue weighted by atomic mass is 10.1. The van der Waals surface area contributed by atoms with Gasteiger partial charge >= 0.3 is 6.09 Å². The van der Waals surface area contributed by atoms with Crippen LogP contribution in [0, 0.1) is 5.92 Å². The molecule has 1 unspecified atom stereocenters. The second-order valence-electron chi connectivity index (χ2n) is 7.06. The van der Waals surface area contributed by atoms with Crippen LogP contribution in [0.4, 0.5) is 10.7 Å². The number of rotatable bonds is 3. The number of anilines is 1. The predicted molar refractivity (Wildman–Crippen MR) is 90.5 cm³/mol. The van der Waals surface area contributed by atoms with Crippen LogP contribution in [0.3, 0.4) is 0 Å². The SMILES string of the molecule is CC(C)(C)OC(=O)N1CCC(CNc2nc3ccccc3[nH]2)C1. The summed E-state index contributed by atoms with van der Waals surface area (Å²) in [5.41, 5.74) is 1.54. The van der Waals surface area contributed by atoms with Gasteiger partial charge in [-0.1, -0.05) is 12.1 Å². The Hall–Kier alpha value is -2.24. The van der Waals surface area contributed by atoms with Crippen molar-refractivity contribution in [3.8, 4) is 0 Å². The number of H-pyrrole nitrogens is 1. The average Bonchev–Trinajstić information content (AvgIpc) is 3.09. The van der Waals surface area contributed by atoms with E-state index in [0.29, 0.717) is 5.92 Å². The standard InChI is InChI=1S/C17H24N4O2/c1-17(2,3)23-16(22)21-9-8-12(11-21)10-18-15-19-13-6-4-5-7-14(13)20-15/h4-7,12H,8-11H2,1-3H3,(H2,18,19,20). The van der Waals surface area contributed by atoms with E-state index < -0.39 is 5.60 Å². The summed E-state index contributed by atoms with van der Waals surface area (Å²) in [7, 11) is 0. The van der Waals surface area contributed by atoms with E-state index in [0.717, 1.165) is 43.0 Å². The largest absolute Gasteiger partial charge is 0.444 e. The Morgan fingerprint density at radius 2 is 2.22 bits per heavy atom. The van der Waals surface area contributed by atoms with Crippen LogP contribution in [0.5, 0.6) is 0 Å². The molecule has 6 nitrogen and oxygen atoms in total. The van der Waals surface area contributed by atoms with Gasteiger partial charge in [0.25, 0.3) is 0 Å². The molecule has 1 aromatic heterocycles. The third kappa shape index (κ3) is 3.94. The van der Waals surface area contributed by atoms with Gasteiger partial charge in [-0.25, -0.2) is 9.78 Å². The van der Waals surface area contributed by atoms with Gasteiger partial charge in [0.2, 0.25) is 5.95 Å². The molecule has 3 rings (SSSR count). The van der Waals surface area contributed by atoms with Crippen molar-refractivity contribution in [3.05, 3.63) is 24.3 Å². The molecule has 0 bridgehead atoms. The number of nitrogens with zero attached hydrogens (tertiary/aromatic N) is 2. The minimum absolute atomic E-state index is 0.219. The minimum Gasteiger partial charge on any atom is -0.444 e. The first kappa shape index (κ1) is 15.6. The Balaban J connectivity index is 1.51. The number of nitrogens with one attached hydrogen (secondary N) is 2. The Morgan fingerprint density at radius 1 is 1.43 bits per heavy atom. The number of fused-ring (bicyclic) bond motifs is 1. The van der Waals surface area contributed by atoms with Gasteiger partial charge in [0.1, 0.15) is 5.60 Å². The van der Waals surface area contributed by atoms with Gasteiger partial charge in [0.05, 0.1) is 11.0 Å². The first-order valence-corrected chi connectivity index (χ1v) is 8.07. The topological polar surface area (TPSA) is 70.2 Å². The molecule has 1 saturated heterocycles. The molecule has 1 fully saturated rings. The maximum absolute atomic E-state index is 12.1. The fraction of sp³-hybridized carbons (Fsp3) is 0.529. The minimum atomic E-state index is -0.443. The summed E-state index contributed by atoms with van der Waals surface area (Å²) < 4.78 is 5.42. The summed E-state index contributed by atoms with van der Waals surface area (Å²) in [6, 6.07) is 7.95. The number of aromatic amines is 1. The summed E-state index contributed by atoms with van der Waals surface area (Å²) in [5, 5.41) is 3.34. The number of para-hydroxylation sites is 2. The van der Waals surface area contributed by atoms with Crippen LogP contribution in [0.25, 0.3) is 11.0 Å². The Labute approximate surface area is 136 Å². The zero-order valence-electron chi connectivity index (χ0n) is 13.9. The van der Waals surface area contributed by atoms with Crippen molar-refractivity contribution in [2.24, 2.45) is 5.92 Å². The van der Waals surface area contributed by atoms with Crippen molar-refractivity contribution < 1.29 is 9.53 Å². The molecule has 0 saturated carbocycles. The molecular weight excluding hydrogens is 292 g/mol. The number of hydrogen-bond acceptors (Lipinski definition) is 4. The number of amides is 1. The number of carbonyl (C=O) groups excluding carboxylic acids is 1. The maximum Gasteiger partial charge on any atom is 0.410 e. The smallest absolute Gasteiger partial charge is 0.410 e. The van der Waals surface area contributed by atoms with Crippen LogP contribution in [-0.4, -0.2) is 46.2 Å². The van der Waals surface area contributed by atoms with Crippen molar-refractivity contribution in [2.45, 2.75) is 32.8 Å². The Morgan fingerprint density at radius 3 is 2.96 bits per heavy atom. The zero-order valence-corrected chi connectivity index (χ0v) is 13.9. The molecule has 1 aliphatic rings. The fourth-order valence-electron chi connectivity index (χ4n) is 2.77. The number of ether oxygens (including phenoxy) is 1. The molecule has 1 atom stereocenters. The van der Waals surface area contributed by atoms with Gasteiger partial charge in [0, 0.05) is 19.6 Å². The lowest BCUT2D eigenvalue weighted by molar-refractivity contribution is 0.0289. The van der Waals surface area contributed by atoms with Crippen molar-refractivity contribution in [1.82, 2.24) is 14.9 Å². The summed E-state index contributed by atoms with van der Waals surface area (Å²) in [6.45, 7) is 7.94. The van der Waals surface area contributed by atoms with E-state index in [-0.39, 0.29) is 6.09 Å². The molecule has 23 heavy (non-hydrogen) atoms. The molecule has 1 amide bonds. The molecule has 1 aliphatic heterocycles. The highest BCUT2D eigenvalue weighted by Gasteiger charge is 2.29. The average molecular weight is 316 g/mol. The van der Waals surface area contributed by atoms with Crippen molar-refractivity contribution in [1.29, 1.82) is 0 Å². The number of benzene rings is 1. The second-order valence-corrected chi connectivity index (χ2v) is 7.06. The van der Waals surface area contributed by atoms with Gasteiger partial charge in [0.15, 0.2) is 0 Å². The van der Waals surface area contributed by atoms with Crippen LogP contribution < -0.4 is 5.32 Å². The molecule has 0 radical (unpaired) electrons. The molecule has 2 heterocycles. The monoisotopic (exact) mass is 316 g/mol. The lowest BCUT2D eigenvalue weighted by Crippen LogP contribution is -2.35. The van der Waals surface area contributed by atoms with Gasteiger partial charge in [-0.05, 0) is 45.2 Å². The summed E-state index contributed by atoms with van der Waals surface area (Å²) in [5.74, 6) is 1.19. The molecule has 0 aliphatic carbocycles. The van der Waals surface area contributed by atoms with Gasteiger partial charge in [-0.2, -0.15) is 0 Å². The summed E-state index contributed by atoms with van der Waals surface area (Å²) in [6.07, 6.45) is 0.760. The first-order valence-electron chi connectivity index (χ1n) is 8.07. The maximum atomic E-state index is 12.1. The van der Waals surface area contributed by atoms with E-state index in [1.807, 2.05) is 45.0 Å². The molecular formula is C17H24N4O2. The fourth-order valence-corrected chi connectivity index (χ4v) is 2.77. The summed E-state index contributed by atoms with van der Waals surface area (Å²) >= 11 is 0. The molecule has 124 valence electrons. The number of carbonyl (C=O) groups is 1. The third-order valence-electron chi connectivity index (χ3n) is 3.89. The molecule has 6 heteroatoms. The van der Waals surface area contributed by atoms with Crippen molar-refractivity contribution >= 4 is 23.1 Å². The number of likely N-dealkylation sites (tertiary alicyclic amines) is 1. The van der Waals surface area contributed by atoms with Crippen LogP contribution in [0.2, 0.25) is 0 Å². The Kier molecular flexibility index (Phi) is 4.15. The predicted octanol–water partition coefficient (Wildman–Crippen LogP) is 3.23. The quantitative estimate of drug-likeness (QED) is 0.912. The van der Waals surface area contributed by atoms with E-state index in [2.05, 4.69) is 15.3 Å². The van der Waals surface area contributed by atoms with Crippen LogP contribution in [-0.2, 0) is 4.74 Å². The van der Waals surface area contributed by atoms with Gasteiger partial charge in [-0.3, -0.25) is 0 Å². The van der Waals surface area contributed by atoms with Crippen LogP contribution in [0.15, 0.2) is 24.3 Å². The first-order chi connectivity index (χ1) is 10.9. The Bertz CT molecular complexity index is 656. The number of imidazole rings is 1. The van der Waals surface area contributed by atoms with Gasteiger partial charge in [-0.15, -0.1) is 0 Å². The highest BCUT2D eigenvalue weighted by Crippen LogP contribution is 2.20. The second kappa shape index (κ2) is 6.10. The van der Waals surface area contributed by atoms with Crippen molar-refractivity contribution in [2.75, 3.05) is 25.0 Å². The lowest BCUT2D eigenvalue weighted by Gasteiger charge is -2.24. The van der Waals surface area contributed by atoms with Crippen molar-refractivity contribution in [3.63, 3.8) is 0 Å². The van der Waals surface area contributed by atoms with Crippen LogP contribution in [0.1, 0.15) is 27.2 Å². The molecule has 2 aromatic rings. The zero-order chi connectivity index (χ0) is 16.4. The van der Waals surface area contributed by atoms with E-state index in [4.69, 9.17) is 4.74 Å². The summed E-state index contributed by atoms with van der Waals surface area (Å²) in [4.78, 5) is 21.6. The highest BCUT2D eigenvalue weighted by molar-refractivity contribution is 5.77. The van der Waals surface area contributed by atoms with Gasteiger partial charge < -0.3 is 19.9 Å². The van der Waals surface area contributed by atoms with E-state index in [9.17, 15) is 4.79 Å². The highest BCUT2D eigenvalue weighted by atomic mass is 16.6. The molecule has 2 N–H and O–H groups in total.